The minimum Gasteiger partial charge on any atom is -0.464 e. The van der Waals surface area contributed by atoms with Crippen LogP contribution in [0.4, 0.5) is 4.79 Å². The Morgan fingerprint density at radius 1 is 1.62 bits per heavy atom. The number of carbonyl (C=O) groups is 1. The van der Waals surface area contributed by atoms with Gasteiger partial charge in [0.05, 0.1) is 6.20 Å². The Balaban J connectivity index is 3.11. The number of hydrogen-bond donors (Lipinski definition) is 2. The Morgan fingerprint density at radius 3 is 2.62 bits per heavy atom. The first-order valence-electron chi connectivity index (χ1n) is 2.93. The number of thiol groups is 1. The normalized spacial score (nSPS) is 11.2. The number of aromatic nitrogens is 2. The van der Waals surface area contributed by atoms with Crippen molar-refractivity contribution in [1.82, 2.24) is 12.9 Å². The van der Waals surface area contributed by atoms with Crippen molar-refractivity contribution < 1.29 is 18.3 Å². The molecule has 72 valence electrons. The van der Waals surface area contributed by atoms with Crippen LogP contribution in [-0.2, 0) is 10.2 Å². The zero-order chi connectivity index (χ0) is 10.1. The van der Waals surface area contributed by atoms with Crippen molar-refractivity contribution >= 4 is 29.1 Å². The minimum atomic E-state index is -4.19. The maximum atomic E-state index is 11.2. The van der Waals surface area contributed by atoms with E-state index in [4.69, 9.17) is 5.11 Å². The molecular weight excluding hydrogens is 218 g/mol. The highest BCUT2D eigenvalue weighted by molar-refractivity contribution is 7.99. The number of carboxylic acid groups (broad SMARTS) is 1. The zero-order valence-corrected chi connectivity index (χ0v) is 7.81. The summed E-state index contributed by atoms with van der Waals surface area (Å²) in [6, 6.07) is 1.35. The maximum Gasteiger partial charge on any atom is 0.432 e. The second-order valence-electron chi connectivity index (χ2n) is 1.91. The molecule has 0 fully saturated rings. The first-order valence-corrected chi connectivity index (χ1v) is 4.73. The van der Waals surface area contributed by atoms with Crippen LogP contribution in [0.3, 0.4) is 0 Å². The molecule has 13 heavy (non-hydrogen) atoms. The number of amides is 1. The molecule has 0 radical (unpaired) electrons. The highest BCUT2D eigenvalue weighted by Crippen LogP contribution is 2.06. The molecule has 9 heteroatoms. The molecule has 0 saturated heterocycles. The van der Waals surface area contributed by atoms with E-state index in [-0.39, 0.29) is 3.71 Å². The third kappa shape index (κ3) is 1.75. The van der Waals surface area contributed by atoms with Crippen molar-refractivity contribution in [3.05, 3.63) is 18.5 Å². The molecule has 0 aromatic carbocycles. The van der Waals surface area contributed by atoms with Gasteiger partial charge in [-0.2, -0.15) is 13.5 Å². The molecule has 1 rings (SSSR count). The second kappa shape index (κ2) is 3.26. The third-order valence-electron chi connectivity index (χ3n) is 1.10. The smallest absolute Gasteiger partial charge is 0.432 e. The van der Waals surface area contributed by atoms with E-state index < -0.39 is 16.3 Å². The summed E-state index contributed by atoms with van der Waals surface area (Å²) in [7, 11) is -4.19. The lowest BCUT2D eigenvalue weighted by molar-refractivity contribution is 0.189. The lowest BCUT2D eigenvalue weighted by atomic mass is 10.8. The zero-order valence-electron chi connectivity index (χ0n) is 6.10. The third-order valence-corrected chi connectivity index (χ3v) is 3.17. The van der Waals surface area contributed by atoms with E-state index in [0.717, 1.165) is 6.20 Å². The predicted octanol–water partition coefficient (Wildman–Crippen LogP) is -0.199. The average molecular weight is 223 g/mol. The van der Waals surface area contributed by atoms with E-state index in [1.807, 2.05) is 0 Å². The van der Waals surface area contributed by atoms with Gasteiger partial charge in [0.15, 0.2) is 0 Å². The fourth-order valence-electron chi connectivity index (χ4n) is 0.569. The molecule has 1 aromatic rings. The monoisotopic (exact) mass is 223 g/mol. The number of rotatable bonds is 2. The fourth-order valence-corrected chi connectivity index (χ4v) is 1.55. The van der Waals surface area contributed by atoms with E-state index in [0.29, 0.717) is 4.09 Å². The Hall–Kier alpha value is -1.22. The average Bonchev–Trinajstić information content (AvgIpc) is 2.54. The first-order chi connectivity index (χ1) is 5.96. The Labute approximate surface area is 79.3 Å². The quantitative estimate of drug-likeness (QED) is 0.677. The molecule has 0 bridgehead atoms. The van der Waals surface area contributed by atoms with Gasteiger partial charge in [0, 0.05) is 6.20 Å². The van der Waals surface area contributed by atoms with Crippen molar-refractivity contribution in [3.63, 3.8) is 0 Å². The minimum absolute atomic E-state index is 0.125. The molecule has 7 nitrogen and oxygen atoms in total. The van der Waals surface area contributed by atoms with Crippen molar-refractivity contribution in [2.75, 3.05) is 0 Å². The van der Waals surface area contributed by atoms with Crippen LogP contribution in [0.2, 0.25) is 0 Å². The van der Waals surface area contributed by atoms with Gasteiger partial charge in [-0.05, 0) is 18.9 Å². The van der Waals surface area contributed by atoms with Crippen molar-refractivity contribution in [3.8, 4) is 0 Å². The molecule has 0 aliphatic carbocycles. The lowest BCUT2D eigenvalue weighted by Gasteiger charge is -2.10. The molecule has 0 saturated carbocycles. The van der Waals surface area contributed by atoms with Gasteiger partial charge in [0.2, 0.25) is 0 Å². The van der Waals surface area contributed by atoms with Crippen molar-refractivity contribution in [1.29, 1.82) is 0 Å². The molecule has 0 atom stereocenters. The van der Waals surface area contributed by atoms with Gasteiger partial charge >= 0.3 is 16.3 Å². The Kier molecular flexibility index (Phi) is 2.48. The van der Waals surface area contributed by atoms with Gasteiger partial charge in [-0.1, -0.05) is 0 Å². The van der Waals surface area contributed by atoms with Crippen LogP contribution in [0.5, 0.6) is 0 Å². The Bertz CT molecular complexity index is 397. The van der Waals surface area contributed by atoms with Crippen molar-refractivity contribution in [2.45, 2.75) is 0 Å². The molecule has 0 unspecified atom stereocenters. The fraction of sp³-hybridized carbons (Fsp3) is 0. The van der Waals surface area contributed by atoms with Crippen LogP contribution in [0, 0.1) is 0 Å². The van der Waals surface area contributed by atoms with Crippen LogP contribution in [0.15, 0.2) is 18.5 Å². The second-order valence-corrected chi connectivity index (χ2v) is 4.22. The Morgan fingerprint density at radius 2 is 2.23 bits per heavy atom. The molecule has 1 amide bonds. The number of hydrogen-bond acceptors (Lipinski definition) is 5. The van der Waals surface area contributed by atoms with Crippen LogP contribution in [-0.4, -0.2) is 32.5 Å². The van der Waals surface area contributed by atoms with Crippen molar-refractivity contribution in [2.24, 2.45) is 0 Å². The van der Waals surface area contributed by atoms with Crippen LogP contribution in [0.25, 0.3) is 0 Å². The summed E-state index contributed by atoms with van der Waals surface area (Å²) in [5, 5.41) is 11.7. The van der Waals surface area contributed by atoms with Gasteiger partial charge in [0.25, 0.3) is 0 Å². The molecule has 0 aliphatic rings. The summed E-state index contributed by atoms with van der Waals surface area (Å²) in [5.41, 5.74) is 0. The molecule has 0 spiro atoms. The van der Waals surface area contributed by atoms with E-state index in [2.05, 4.69) is 17.9 Å². The van der Waals surface area contributed by atoms with Crippen LogP contribution < -0.4 is 0 Å². The molecule has 1 N–H and O–H groups in total. The van der Waals surface area contributed by atoms with Crippen LogP contribution in [0.1, 0.15) is 0 Å². The van der Waals surface area contributed by atoms with E-state index in [9.17, 15) is 13.2 Å². The summed E-state index contributed by atoms with van der Waals surface area (Å²) in [5.74, 6) is 0. The van der Waals surface area contributed by atoms with E-state index in [1.165, 1.54) is 12.3 Å². The van der Waals surface area contributed by atoms with Gasteiger partial charge in [-0.3, -0.25) is 0 Å². The first kappa shape index (κ1) is 9.86. The maximum absolute atomic E-state index is 11.2. The largest absolute Gasteiger partial charge is 0.464 e. The van der Waals surface area contributed by atoms with E-state index >= 15 is 0 Å². The standard InChI is InChI=1S/C4H5N3O4S2/c8-4(9)7(12)13(10,11)6-3-1-2-5-6/h1-3,12H,(H,8,9). The molecule has 0 aliphatic heterocycles. The lowest BCUT2D eigenvalue weighted by Crippen LogP contribution is -2.32. The number of nitrogens with zero attached hydrogens (tertiary/aromatic N) is 3. The highest BCUT2D eigenvalue weighted by Gasteiger charge is 2.25. The summed E-state index contributed by atoms with van der Waals surface area (Å²) >= 11 is 3.28. The molecule has 1 aromatic heterocycles. The summed E-state index contributed by atoms with van der Waals surface area (Å²) < 4.78 is 22.8. The summed E-state index contributed by atoms with van der Waals surface area (Å²) in [6.07, 6.45) is 0.613. The SMILES string of the molecule is O=C(O)N(S)S(=O)(=O)n1cccn1. The summed E-state index contributed by atoms with van der Waals surface area (Å²) in [4.78, 5) is 10.3. The van der Waals surface area contributed by atoms with Gasteiger partial charge in [-0.25, -0.2) is 4.79 Å². The van der Waals surface area contributed by atoms with Gasteiger partial charge in [0.1, 0.15) is 0 Å². The highest BCUT2D eigenvalue weighted by atomic mass is 32.3. The molecule has 1 heterocycles. The topological polar surface area (TPSA) is 92.5 Å². The van der Waals surface area contributed by atoms with E-state index in [1.54, 1.807) is 0 Å². The van der Waals surface area contributed by atoms with Gasteiger partial charge in [-0.15, -0.1) is 7.80 Å². The predicted molar refractivity (Wildman–Crippen MR) is 45.4 cm³/mol. The molecular formula is C4H5N3O4S2. The van der Waals surface area contributed by atoms with Gasteiger partial charge < -0.3 is 5.11 Å². The summed E-state index contributed by atoms with van der Waals surface area (Å²) in [6.45, 7) is 0. The van der Waals surface area contributed by atoms with Crippen LogP contribution >= 0.6 is 12.8 Å².